The van der Waals surface area contributed by atoms with Crippen molar-refractivity contribution in [2.24, 2.45) is 17.8 Å². The van der Waals surface area contributed by atoms with Crippen molar-refractivity contribution >= 4 is 0 Å². The number of rotatable bonds is 12. The van der Waals surface area contributed by atoms with Crippen LogP contribution in [0.2, 0.25) is 0 Å². The lowest BCUT2D eigenvalue weighted by molar-refractivity contribution is 0.105. The van der Waals surface area contributed by atoms with E-state index in [-0.39, 0.29) is 12.0 Å². The molecule has 3 atom stereocenters. The van der Waals surface area contributed by atoms with Crippen LogP contribution in [0.5, 0.6) is 5.75 Å². The normalized spacial score (nSPS) is 21.7. The molecule has 1 fully saturated rings. The zero-order valence-corrected chi connectivity index (χ0v) is 19.8. The van der Waals surface area contributed by atoms with Crippen molar-refractivity contribution in [2.45, 2.75) is 91.4 Å². The largest absolute Gasteiger partial charge is 0.496 e. The van der Waals surface area contributed by atoms with Crippen LogP contribution in [0.15, 0.2) is 24.3 Å². The first-order valence-electron chi connectivity index (χ1n) is 11.8. The van der Waals surface area contributed by atoms with Gasteiger partial charge in [0.15, 0.2) is 0 Å². The average Bonchev–Trinajstić information content (AvgIpc) is 2.72. The van der Waals surface area contributed by atoms with E-state index in [1.165, 1.54) is 48.8 Å². The lowest BCUT2D eigenvalue weighted by Gasteiger charge is -2.44. The minimum absolute atomic E-state index is 0.118. The van der Waals surface area contributed by atoms with Gasteiger partial charge in [0.2, 0.25) is 0 Å². The van der Waals surface area contributed by atoms with Crippen LogP contribution in [0.4, 0.5) is 0 Å². The average molecular weight is 401 g/mol. The summed E-state index contributed by atoms with van der Waals surface area (Å²) in [6.45, 7) is 15.8. The number of aryl methyl sites for hydroxylation is 1. The summed E-state index contributed by atoms with van der Waals surface area (Å²) < 4.78 is 5.91. The summed E-state index contributed by atoms with van der Waals surface area (Å²) in [6.07, 6.45) is 9.72. The molecule has 2 rings (SSSR count). The molecule has 0 amide bonds. The molecule has 0 saturated heterocycles. The predicted molar refractivity (Wildman–Crippen MR) is 125 cm³/mol. The van der Waals surface area contributed by atoms with Gasteiger partial charge in [0, 0.05) is 0 Å². The molecule has 1 aliphatic rings. The Kier molecular flexibility index (Phi) is 8.82. The second kappa shape index (κ2) is 10.7. The summed E-state index contributed by atoms with van der Waals surface area (Å²) >= 11 is 0. The summed E-state index contributed by atoms with van der Waals surface area (Å²) in [4.78, 5) is 0. The van der Waals surface area contributed by atoms with Crippen LogP contribution in [0.25, 0.3) is 0 Å². The van der Waals surface area contributed by atoms with Gasteiger partial charge in [-0.1, -0.05) is 72.9 Å². The molecule has 1 aromatic carbocycles. The maximum atomic E-state index is 9.41. The van der Waals surface area contributed by atoms with Crippen molar-refractivity contribution in [1.82, 2.24) is 0 Å². The molecule has 29 heavy (non-hydrogen) atoms. The highest BCUT2D eigenvalue weighted by Gasteiger charge is 2.39. The van der Waals surface area contributed by atoms with Gasteiger partial charge in [-0.15, -0.1) is 0 Å². The van der Waals surface area contributed by atoms with E-state index in [1.807, 2.05) is 7.11 Å². The molecule has 1 aliphatic carbocycles. The van der Waals surface area contributed by atoms with E-state index in [4.69, 9.17) is 4.74 Å². The second-order valence-electron chi connectivity index (χ2n) is 9.85. The zero-order valence-electron chi connectivity index (χ0n) is 19.8. The monoisotopic (exact) mass is 400 g/mol. The summed E-state index contributed by atoms with van der Waals surface area (Å²) in [5.41, 5.74) is 5.43. The number of hydrogen-bond donors (Lipinski definition) is 1. The molecule has 0 heterocycles. The molecule has 0 spiro atoms. The molecule has 2 nitrogen and oxygen atoms in total. The van der Waals surface area contributed by atoms with Crippen LogP contribution in [0.1, 0.15) is 89.8 Å². The van der Waals surface area contributed by atoms with Gasteiger partial charge in [0.05, 0.1) is 13.7 Å². The van der Waals surface area contributed by atoms with Crippen molar-refractivity contribution in [3.63, 3.8) is 0 Å². The van der Waals surface area contributed by atoms with E-state index >= 15 is 0 Å². The number of aliphatic hydroxyl groups excluding tert-OH is 1. The van der Waals surface area contributed by atoms with Gasteiger partial charge in [-0.3, -0.25) is 0 Å². The Hall–Kier alpha value is -1.28. The van der Waals surface area contributed by atoms with Crippen LogP contribution in [0.3, 0.4) is 0 Å². The summed E-state index contributed by atoms with van der Waals surface area (Å²) in [5.74, 6) is 2.77. The van der Waals surface area contributed by atoms with E-state index in [1.54, 1.807) is 0 Å². The van der Waals surface area contributed by atoms with Crippen LogP contribution in [-0.4, -0.2) is 18.8 Å². The maximum Gasteiger partial charge on any atom is 0.122 e. The molecular weight excluding hydrogens is 356 g/mol. The Balaban J connectivity index is 2.19. The van der Waals surface area contributed by atoms with Crippen molar-refractivity contribution in [2.75, 3.05) is 13.7 Å². The third-order valence-electron chi connectivity index (χ3n) is 7.47. The Bertz CT molecular complexity index is 648. The van der Waals surface area contributed by atoms with Crippen LogP contribution in [-0.2, 0) is 18.3 Å². The molecule has 1 N–H and O–H groups in total. The van der Waals surface area contributed by atoms with Crippen molar-refractivity contribution in [3.05, 3.63) is 41.0 Å². The number of methoxy groups -OCH3 is 1. The van der Waals surface area contributed by atoms with E-state index in [0.29, 0.717) is 17.8 Å². The SMILES string of the molecule is C=C(CO)[C@H]1C[C@@H](Cc2c(CC)cc(C(C)(C)CCCCCC)cc2OC)C1C. The fraction of sp³-hybridized carbons (Fsp3) is 0.704. The van der Waals surface area contributed by atoms with Gasteiger partial charge in [-0.2, -0.15) is 0 Å². The van der Waals surface area contributed by atoms with E-state index < -0.39 is 0 Å². The Labute approximate surface area is 179 Å². The topological polar surface area (TPSA) is 29.5 Å². The molecule has 164 valence electrons. The zero-order chi connectivity index (χ0) is 21.6. The first-order valence-corrected chi connectivity index (χ1v) is 11.8. The van der Waals surface area contributed by atoms with E-state index in [0.717, 1.165) is 30.6 Å². The first kappa shape index (κ1) is 24.0. The molecule has 1 unspecified atom stereocenters. The van der Waals surface area contributed by atoms with E-state index in [2.05, 4.69) is 53.3 Å². The van der Waals surface area contributed by atoms with Gasteiger partial charge < -0.3 is 9.84 Å². The maximum absolute atomic E-state index is 9.41. The molecule has 1 saturated carbocycles. The number of unbranched alkanes of at least 4 members (excludes halogenated alkanes) is 3. The van der Waals surface area contributed by atoms with Gasteiger partial charge in [0.25, 0.3) is 0 Å². The third-order valence-corrected chi connectivity index (χ3v) is 7.47. The lowest BCUT2D eigenvalue weighted by atomic mass is 9.61. The standard InChI is InChI=1S/C27H44O2/c1-8-10-11-12-13-27(5,6)23-14-21(9-2)25(26(17-23)29-7)16-22-15-24(20(22)4)19(3)18-28/h14,17,20,22,24,28H,3,8-13,15-16,18H2,1-2,4-7H3/t20?,22-,24+/m0/s1. The van der Waals surface area contributed by atoms with Gasteiger partial charge in [-0.05, 0) is 77.2 Å². The van der Waals surface area contributed by atoms with Gasteiger partial charge in [0.1, 0.15) is 5.75 Å². The first-order chi connectivity index (χ1) is 13.8. The molecule has 0 radical (unpaired) electrons. The van der Waals surface area contributed by atoms with Crippen molar-refractivity contribution in [3.8, 4) is 5.75 Å². The Morgan fingerprint density at radius 2 is 1.93 bits per heavy atom. The lowest BCUT2D eigenvalue weighted by Crippen LogP contribution is -2.38. The highest BCUT2D eigenvalue weighted by molar-refractivity contribution is 5.46. The molecule has 0 aromatic heterocycles. The van der Waals surface area contributed by atoms with Crippen LogP contribution in [0, 0.1) is 17.8 Å². The highest BCUT2D eigenvalue weighted by atomic mass is 16.5. The fourth-order valence-corrected chi connectivity index (χ4v) is 5.04. The van der Waals surface area contributed by atoms with E-state index in [9.17, 15) is 5.11 Å². The highest BCUT2D eigenvalue weighted by Crippen LogP contribution is 2.47. The minimum atomic E-state index is 0.118. The number of aliphatic hydroxyl groups is 1. The van der Waals surface area contributed by atoms with Crippen molar-refractivity contribution < 1.29 is 9.84 Å². The van der Waals surface area contributed by atoms with Crippen LogP contribution >= 0.6 is 0 Å². The molecule has 2 heteroatoms. The minimum Gasteiger partial charge on any atom is -0.496 e. The van der Waals surface area contributed by atoms with Crippen molar-refractivity contribution in [1.29, 1.82) is 0 Å². The smallest absolute Gasteiger partial charge is 0.122 e. The van der Waals surface area contributed by atoms with Gasteiger partial charge >= 0.3 is 0 Å². The molecule has 1 aromatic rings. The molecule has 0 bridgehead atoms. The predicted octanol–water partition coefficient (Wildman–Crippen LogP) is 6.87. The van der Waals surface area contributed by atoms with Gasteiger partial charge in [-0.25, -0.2) is 0 Å². The Morgan fingerprint density at radius 1 is 1.21 bits per heavy atom. The Morgan fingerprint density at radius 3 is 2.48 bits per heavy atom. The summed E-state index contributed by atoms with van der Waals surface area (Å²) in [6, 6.07) is 4.76. The number of ether oxygens (including phenoxy) is 1. The van der Waals surface area contributed by atoms with Crippen LogP contribution < -0.4 is 4.74 Å². The summed E-state index contributed by atoms with van der Waals surface area (Å²) in [5, 5.41) is 9.41. The molecular formula is C27H44O2. The fourth-order valence-electron chi connectivity index (χ4n) is 5.04. The third kappa shape index (κ3) is 5.66. The number of hydrogen-bond acceptors (Lipinski definition) is 2. The number of benzene rings is 1. The summed E-state index contributed by atoms with van der Waals surface area (Å²) in [7, 11) is 1.82. The second-order valence-corrected chi connectivity index (χ2v) is 9.85. The quantitative estimate of drug-likeness (QED) is 0.306. The molecule has 0 aliphatic heterocycles.